The third-order valence-electron chi connectivity index (χ3n) is 3.81. The Labute approximate surface area is 122 Å². The summed E-state index contributed by atoms with van der Waals surface area (Å²) < 4.78 is 0. The van der Waals surface area contributed by atoms with E-state index in [-0.39, 0.29) is 0 Å². The maximum atomic E-state index is 6.16. The molecule has 19 heavy (non-hydrogen) atoms. The Kier molecular flexibility index (Phi) is 3.91. The van der Waals surface area contributed by atoms with Gasteiger partial charge in [-0.15, -0.1) is 23.1 Å². The highest BCUT2D eigenvalue weighted by Crippen LogP contribution is 2.36. The largest absolute Gasteiger partial charge is 0.327 e. The number of thiazole rings is 1. The van der Waals surface area contributed by atoms with Gasteiger partial charge >= 0.3 is 0 Å². The molecule has 1 aliphatic carbocycles. The zero-order valence-electron chi connectivity index (χ0n) is 11.0. The molecule has 0 amide bonds. The predicted molar refractivity (Wildman–Crippen MR) is 83.9 cm³/mol. The summed E-state index contributed by atoms with van der Waals surface area (Å²) >= 11 is 3.50. The van der Waals surface area contributed by atoms with E-state index in [9.17, 15) is 0 Å². The van der Waals surface area contributed by atoms with Crippen LogP contribution in [0.15, 0.2) is 34.5 Å². The fraction of sp³-hybridized carbons (Fsp3) is 0.400. The summed E-state index contributed by atoms with van der Waals surface area (Å²) in [6.07, 6.45) is 5.66. The van der Waals surface area contributed by atoms with Gasteiger partial charge in [-0.3, -0.25) is 0 Å². The molecule has 1 saturated carbocycles. The molecule has 3 rings (SSSR count). The van der Waals surface area contributed by atoms with E-state index in [1.165, 1.54) is 29.0 Å². The number of nitrogens with two attached hydrogens (primary N) is 1. The summed E-state index contributed by atoms with van der Waals surface area (Å²) in [5, 5.41) is 3.30. The topological polar surface area (TPSA) is 38.9 Å². The molecule has 0 bridgehead atoms. The molecule has 1 fully saturated rings. The van der Waals surface area contributed by atoms with Gasteiger partial charge in [-0.1, -0.05) is 18.6 Å². The lowest BCUT2D eigenvalue weighted by atomic mass is 10.0. The van der Waals surface area contributed by atoms with Gasteiger partial charge in [-0.25, -0.2) is 4.98 Å². The Bertz CT molecular complexity index is 548. The molecular formula is C15H18N2S2. The highest BCUT2D eigenvalue weighted by atomic mass is 32.2. The fourth-order valence-electron chi connectivity index (χ4n) is 2.68. The van der Waals surface area contributed by atoms with Crippen LogP contribution in [0.2, 0.25) is 0 Å². The maximum absolute atomic E-state index is 6.16. The second kappa shape index (κ2) is 5.65. The molecule has 0 spiro atoms. The quantitative estimate of drug-likeness (QED) is 0.864. The lowest BCUT2D eigenvalue weighted by molar-refractivity contribution is 0.602. The minimum Gasteiger partial charge on any atom is -0.327 e. The van der Waals surface area contributed by atoms with Crippen molar-refractivity contribution in [2.75, 3.05) is 6.26 Å². The summed E-state index contributed by atoms with van der Waals surface area (Å²) in [4.78, 5) is 6.09. The number of hydrogen-bond acceptors (Lipinski definition) is 4. The van der Waals surface area contributed by atoms with E-state index in [0.717, 1.165) is 11.4 Å². The average Bonchev–Trinajstić information content (AvgIpc) is 3.07. The first-order valence-corrected chi connectivity index (χ1v) is 8.74. The summed E-state index contributed by atoms with van der Waals surface area (Å²) in [6.45, 7) is 0. The predicted octanol–water partition coefficient (Wildman–Crippen LogP) is 4.13. The molecular weight excluding hydrogens is 272 g/mol. The van der Waals surface area contributed by atoms with Crippen molar-refractivity contribution in [2.24, 2.45) is 5.73 Å². The lowest BCUT2D eigenvalue weighted by Gasteiger charge is -2.11. The first-order valence-electron chi connectivity index (χ1n) is 6.63. The summed E-state index contributed by atoms with van der Waals surface area (Å²) in [5.74, 6) is 0.468. The molecule has 2 N–H and O–H groups in total. The maximum Gasteiger partial charge on any atom is 0.123 e. The van der Waals surface area contributed by atoms with Crippen LogP contribution in [0, 0.1) is 0 Å². The third kappa shape index (κ3) is 2.71. The van der Waals surface area contributed by atoms with Gasteiger partial charge in [0.1, 0.15) is 5.01 Å². The third-order valence-corrected chi connectivity index (χ3v) is 5.46. The zero-order chi connectivity index (χ0) is 13.2. The number of rotatable bonds is 3. The first-order chi connectivity index (χ1) is 9.28. The van der Waals surface area contributed by atoms with Gasteiger partial charge in [0.15, 0.2) is 0 Å². The van der Waals surface area contributed by atoms with Gasteiger partial charge in [0.25, 0.3) is 0 Å². The van der Waals surface area contributed by atoms with Crippen LogP contribution in [0.5, 0.6) is 0 Å². The highest BCUT2D eigenvalue weighted by molar-refractivity contribution is 7.98. The van der Waals surface area contributed by atoms with Crippen LogP contribution in [0.25, 0.3) is 10.6 Å². The van der Waals surface area contributed by atoms with Gasteiger partial charge in [0.05, 0.1) is 5.69 Å². The number of aromatic nitrogens is 1. The van der Waals surface area contributed by atoms with E-state index in [4.69, 9.17) is 10.7 Å². The number of nitrogens with zero attached hydrogens (tertiary/aromatic N) is 1. The Morgan fingerprint density at radius 1 is 1.26 bits per heavy atom. The first kappa shape index (κ1) is 13.2. The van der Waals surface area contributed by atoms with Crippen LogP contribution < -0.4 is 5.73 Å². The molecule has 1 aromatic carbocycles. The second-order valence-corrected chi connectivity index (χ2v) is 6.75. The minimum atomic E-state index is 0.300. The van der Waals surface area contributed by atoms with E-state index in [1.54, 1.807) is 23.1 Å². The van der Waals surface area contributed by atoms with E-state index in [0.29, 0.717) is 12.0 Å². The van der Waals surface area contributed by atoms with Gasteiger partial charge in [-0.05, 0) is 31.2 Å². The molecule has 0 radical (unpaired) electrons. The van der Waals surface area contributed by atoms with E-state index < -0.39 is 0 Å². The molecule has 0 saturated heterocycles. The monoisotopic (exact) mass is 290 g/mol. The Balaban J connectivity index is 1.83. The van der Waals surface area contributed by atoms with Crippen molar-refractivity contribution in [3.05, 3.63) is 35.3 Å². The van der Waals surface area contributed by atoms with Crippen LogP contribution in [-0.2, 0) is 0 Å². The molecule has 1 aliphatic rings. The molecule has 1 heterocycles. The van der Waals surface area contributed by atoms with Gasteiger partial charge in [0.2, 0.25) is 0 Å². The fourth-order valence-corrected chi connectivity index (χ4v) is 3.98. The van der Waals surface area contributed by atoms with Crippen molar-refractivity contribution in [1.29, 1.82) is 0 Å². The van der Waals surface area contributed by atoms with Crippen molar-refractivity contribution in [1.82, 2.24) is 4.98 Å². The van der Waals surface area contributed by atoms with Crippen LogP contribution in [-0.4, -0.2) is 17.3 Å². The highest BCUT2D eigenvalue weighted by Gasteiger charge is 2.27. The van der Waals surface area contributed by atoms with Crippen molar-refractivity contribution in [3.8, 4) is 10.6 Å². The summed E-state index contributed by atoms with van der Waals surface area (Å²) in [7, 11) is 0. The molecule has 1 aromatic heterocycles. The van der Waals surface area contributed by atoms with E-state index >= 15 is 0 Å². The summed E-state index contributed by atoms with van der Waals surface area (Å²) in [6, 6.07) is 8.92. The number of benzene rings is 1. The molecule has 2 atom stereocenters. The van der Waals surface area contributed by atoms with Crippen molar-refractivity contribution >= 4 is 23.1 Å². The minimum absolute atomic E-state index is 0.300. The van der Waals surface area contributed by atoms with Crippen LogP contribution in [0.1, 0.15) is 30.9 Å². The zero-order valence-corrected chi connectivity index (χ0v) is 12.6. The number of thioether (sulfide) groups is 1. The van der Waals surface area contributed by atoms with Gasteiger partial charge < -0.3 is 5.73 Å². The standard InChI is InChI=1S/C15H18N2S2/c1-18-11-7-5-10(6-8-11)15-17-14(9-19-15)12-3-2-4-13(12)16/h5-9,12-13H,2-4,16H2,1H3. The Morgan fingerprint density at radius 3 is 2.68 bits per heavy atom. The Hall–Kier alpha value is -0.840. The van der Waals surface area contributed by atoms with Crippen molar-refractivity contribution in [2.45, 2.75) is 36.1 Å². The molecule has 2 unspecified atom stereocenters. The normalized spacial score (nSPS) is 22.8. The van der Waals surface area contributed by atoms with Crippen LogP contribution >= 0.6 is 23.1 Å². The van der Waals surface area contributed by atoms with Crippen molar-refractivity contribution in [3.63, 3.8) is 0 Å². The molecule has 4 heteroatoms. The van der Waals surface area contributed by atoms with Crippen LogP contribution in [0.3, 0.4) is 0 Å². The van der Waals surface area contributed by atoms with Crippen LogP contribution in [0.4, 0.5) is 0 Å². The smallest absolute Gasteiger partial charge is 0.123 e. The summed E-state index contributed by atoms with van der Waals surface area (Å²) in [5.41, 5.74) is 8.56. The second-order valence-electron chi connectivity index (χ2n) is 5.01. The Morgan fingerprint density at radius 2 is 2.05 bits per heavy atom. The molecule has 0 aliphatic heterocycles. The lowest BCUT2D eigenvalue weighted by Crippen LogP contribution is -2.22. The van der Waals surface area contributed by atoms with E-state index in [1.807, 2.05) is 0 Å². The average molecular weight is 290 g/mol. The van der Waals surface area contributed by atoms with E-state index in [2.05, 4.69) is 35.9 Å². The van der Waals surface area contributed by atoms with Crippen molar-refractivity contribution < 1.29 is 0 Å². The SMILES string of the molecule is CSc1ccc(-c2nc(C3CCCC3N)cs2)cc1. The molecule has 2 nitrogen and oxygen atoms in total. The number of hydrogen-bond donors (Lipinski definition) is 1. The van der Waals surface area contributed by atoms with Gasteiger partial charge in [0, 0.05) is 27.8 Å². The van der Waals surface area contributed by atoms with Gasteiger partial charge in [-0.2, -0.15) is 0 Å². The molecule has 100 valence electrons. The molecule has 2 aromatic rings.